The third-order valence-corrected chi connectivity index (χ3v) is 4.88. The van der Waals surface area contributed by atoms with E-state index in [1.807, 2.05) is 24.3 Å². The van der Waals surface area contributed by atoms with Gasteiger partial charge in [-0.3, -0.25) is 9.59 Å². The lowest BCUT2D eigenvalue weighted by Gasteiger charge is -2.12. The molecule has 3 N–H and O–H groups in total. The van der Waals surface area contributed by atoms with E-state index in [0.717, 1.165) is 42.6 Å². The van der Waals surface area contributed by atoms with Crippen molar-refractivity contribution in [1.82, 2.24) is 5.32 Å². The van der Waals surface area contributed by atoms with Gasteiger partial charge < -0.3 is 16.0 Å². The number of hydrogen-bond donors (Lipinski definition) is 3. The van der Waals surface area contributed by atoms with Crippen LogP contribution in [0.25, 0.3) is 0 Å². The van der Waals surface area contributed by atoms with E-state index in [2.05, 4.69) is 22.0 Å². The van der Waals surface area contributed by atoms with Gasteiger partial charge >= 0.3 is 0 Å². The predicted molar refractivity (Wildman–Crippen MR) is 109 cm³/mol. The molecule has 0 aliphatic heterocycles. The van der Waals surface area contributed by atoms with Gasteiger partial charge in [0.1, 0.15) is 0 Å². The molecule has 0 aromatic heterocycles. The zero-order valence-corrected chi connectivity index (χ0v) is 15.7. The zero-order valence-electron chi connectivity index (χ0n) is 15.7. The molecule has 0 spiro atoms. The molecule has 0 atom stereocenters. The molecule has 0 bridgehead atoms. The van der Waals surface area contributed by atoms with E-state index in [1.165, 1.54) is 0 Å². The Labute approximate surface area is 164 Å². The fourth-order valence-corrected chi connectivity index (χ4v) is 3.30. The number of rotatable bonds is 7. The van der Waals surface area contributed by atoms with Gasteiger partial charge in [0.15, 0.2) is 0 Å². The first-order chi connectivity index (χ1) is 13.6. The summed E-state index contributed by atoms with van der Waals surface area (Å²) in [7, 11) is 0. The van der Waals surface area contributed by atoms with Gasteiger partial charge in [-0.1, -0.05) is 25.0 Å². The van der Waals surface area contributed by atoms with Gasteiger partial charge in [-0.05, 0) is 54.8 Å². The number of nitrogens with zero attached hydrogens (tertiary/aromatic N) is 1. The minimum absolute atomic E-state index is 0.0882. The summed E-state index contributed by atoms with van der Waals surface area (Å²) in [5.41, 5.74) is 3.05. The highest BCUT2D eigenvalue weighted by atomic mass is 16.2. The number of carbonyl (C=O) groups excluding carboxylic acids is 2. The van der Waals surface area contributed by atoms with Crippen LogP contribution in [0.4, 0.5) is 11.4 Å². The van der Waals surface area contributed by atoms with Crippen LogP contribution in [0.5, 0.6) is 0 Å². The van der Waals surface area contributed by atoms with Crippen LogP contribution in [0.15, 0.2) is 48.5 Å². The van der Waals surface area contributed by atoms with Crippen LogP contribution in [0, 0.1) is 17.2 Å². The fourth-order valence-electron chi connectivity index (χ4n) is 3.30. The Hall–Kier alpha value is -3.33. The second-order valence-corrected chi connectivity index (χ2v) is 6.99. The number of nitriles is 1. The summed E-state index contributed by atoms with van der Waals surface area (Å²) in [5.74, 6) is 0.0757. The van der Waals surface area contributed by atoms with E-state index in [0.29, 0.717) is 12.1 Å². The van der Waals surface area contributed by atoms with Gasteiger partial charge in [0.05, 0.1) is 18.2 Å². The number of benzene rings is 2. The Bertz CT molecular complexity index is 865. The summed E-state index contributed by atoms with van der Waals surface area (Å²) in [6.45, 7) is 0.533. The van der Waals surface area contributed by atoms with Crippen molar-refractivity contribution in [2.45, 2.75) is 32.2 Å². The largest absolute Gasteiger partial charge is 0.376 e. The van der Waals surface area contributed by atoms with Gasteiger partial charge in [0.25, 0.3) is 0 Å². The number of carbonyl (C=O) groups is 2. The van der Waals surface area contributed by atoms with E-state index in [1.54, 1.807) is 24.3 Å². The Morgan fingerprint density at radius 1 is 1.04 bits per heavy atom. The topological polar surface area (TPSA) is 94.0 Å². The molecular formula is C22H24N4O2. The van der Waals surface area contributed by atoms with Crippen LogP contribution in [-0.4, -0.2) is 18.4 Å². The van der Waals surface area contributed by atoms with Crippen LogP contribution in [0.1, 0.15) is 36.8 Å². The lowest BCUT2D eigenvalue weighted by atomic mass is 10.1. The number of amides is 2. The molecule has 0 saturated heterocycles. The van der Waals surface area contributed by atoms with Crippen LogP contribution in [0.2, 0.25) is 0 Å². The Morgan fingerprint density at radius 3 is 2.50 bits per heavy atom. The van der Waals surface area contributed by atoms with Crippen LogP contribution < -0.4 is 16.0 Å². The summed E-state index contributed by atoms with van der Waals surface area (Å²) in [6, 6.07) is 16.5. The molecule has 6 heteroatoms. The molecule has 1 aliphatic carbocycles. The third-order valence-electron chi connectivity index (χ3n) is 4.88. The maximum absolute atomic E-state index is 12.2. The normalized spacial score (nSPS) is 13.5. The van der Waals surface area contributed by atoms with Crippen molar-refractivity contribution in [3.8, 4) is 6.07 Å². The molecule has 1 aliphatic rings. The average molecular weight is 376 g/mol. The van der Waals surface area contributed by atoms with Gasteiger partial charge in [-0.2, -0.15) is 5.26 Å². The standard InChI is InChI=1S/C22H24N4O2/c23-13-16-8-10-19(11-9-16)24-15-21(27)25-14-17-4-3-7-20(12-17)26-22(28)18-5-1-2-6-18/h3-4,7-12,18,24H,1-2,5-6,14-15H2,(H,25,27)(H,26,28). The maximum atomic E-state index is 12.2. The molecule has 0 heterocycles. The molecule has 144 valence electrons. The highest BCUT2D eigenvalue weighted by Crippen LogP contribution is 2.26. The highest BCUT2D eigenvalue weighted by Gasteiger charge is 2.22. The van der Waals surface area contributed by atoms with Crippen molar-refractivity contribution in [2.75, 3.05) is 17.2 Å². The highest BCUT2D eigenvalue weighted by molar-refractivity contribution is 5.92. The van der Waals surface area contributed by atoms with Gasteiger partial charge in [0, 0.05) is 23.8 Å². The number of nitrogens with one attached hydrogen (secondary N) is 3. The molecule has 2 amide bonds. The van der Waals surface area contributed by atoms with E-state index in [-0.39, 0.29) is 24.3 Å². The second kappa shape index (κ2) is 9.56. The fraction of sp³-hybridized carbons (Fsp3) is 0.318. The molecule has 0 unspecified atom stereocenters. The van der Waals surface area contributed by atoms with E-state index >= 15 is 0 Å². The minimum atomic E-state index is -0.134. The first kappa shape index (κ1) is 19.4. The van der Waals surface area contributed by atoms with Gasteiger partial charge in [-0.25, -0.2) is 0 Å². The minimum Gasteiger partial charge on any atom is -0.376 e. The first-order valence-electron chi connectivity index (χ1n) is 9.54. The molecule has 0 radical (unpaired) electrons. The molecular weight excluding hydrogens is 352 g/mol. The maximum Gasteiger partial charge on any atom is 0.239 e. The molecule has 28 heavy (non-hydrogen) atoms. The van der Waals surface area contributed by atoms with Crippen molar-refractivity contribution >= 4 is 23.2 Å². The predicted octanol–water partition coefficient (Wildman–Crippen LogP) is 3.42. The SMILES string of the molecule is N#Cc1ccc(NCC(=O)NCc2cccc(NC(=O)C3CCCC3)c2)cc1. The molecule has 3 rings (SSSR count). The summed E-state index contributed by atoms with van der Waals surface area (Å²) >= 11 is 0. The molecule has 2 aromatic rings. The third kappa shape index (κ3) is 5.58. The van der Waals surface area contributed by atoms with Gasteiger partial charge in [-0.15, -0.1) is 0 Å². The Kier molecular flexibility index (Phi) is 6.64. The lowest BCUT2D eigenvalue weighted by molar-refractivity contribution is -0.120. The Balaban J connectivity index is 1.45. The van der Waals surface area contributed by atoms with Crippen molar-refractivity contribution in [3.05, 3.63) is 59.7 Å². The smallest absolute Gasteiger partial charge is 0.239 e. The molecule has 6 nitrogen and oxygen atoms in total. The van der Waals surface area contributed by atoms with Crippen LogP contribution in [-0.2, 0) is 16.1 Å². The van der Waals surface area contributed by atoms with E-state index in [4.69, 9.17) is 5.26 Å². The number of hydrogen-bond acceptors (Lipinski definition) is 4. The van der Waals surface area contributed by atoms with E-state index in [9.17, 15) is 9.59 Å². The van der Waals surface area contributed by atoms with E-state index < -0.39 is 0 Å². The summed E-state index contributed by atoms with van der Waals surface area (Å²) in [6.07, 6.45) is 4.18. The van der Waals surface area contributed by atoms with Crippen molar-refractivity contribution < 1.29 is 9.59 Å². The van der Waals surface area contributed by atoms with Crippen molar-refractivity contribution in [3.63, 3.8) is 0 Å². The summed E-state index contributed by atoms with van der Waals surface area (Å²) in [4.78, 5) is 24.3. The first-order valence-corrected chi connectivity index (χ1v) is 9.54. The Morgan fingerprint density at radius 2 is 1.79 bits per heavy atom. The lowest BCUT2D eigenvalue weighted by Crippen LogP contribution is -2.29. The summed E-state index contributed by atoms with van der Waals surface area (Å²) < 4.78 is 0. The van der Waals surface area contributed by atoms with Crippen LogP contribution in [0.3, 0.4) is 0 Å². The number of anilines is 2. The van der Waals surface area contributed by atoms with Crippen LogP contribution >= 0.6 is 0 Å². The molecule has 2 aromatic carbocycles. The van der Waals surface area contributed by atoms with Gasteiger partial charge in [0.2, 0.25) is 11.8 Å². The second-order valence-electron chi connectivity index (χ2n) is 6.99. The monoisotopic (exact) mass is 376 g/mol. The average Bonchev–Trinajstić information content (AvgIpc) is 3.26. The quantitative estimate of drug-likeness (QED) is 0.690. The molecule has 1 saturated carbocycles. The van der Waals surface area contributed by atoms with Crippen molar-refractivity contribution in [1.29, 1.82) is 5.26 Å². The van der Waals surface area contributed by atoms with Crippen molar-refractivity contribution in [2.24, 2.45) is 5.92 Å². The zero-order chi connectivity index (χ0) is 19.8. The molecule has 1 fully saturated rings. The summed E-state index contributed by atoms with van der Waals surface area (Å²) in [5, 5.41) is 17.7.